The number of carbonyl (C=O) groups excluding carboxylic acids is 6. The highest BCUT2D eigenvalue weighted by molar-refractivity contribution is 8.00. The minimum Gasteiger partial charge on any atom is -0.494 e. The average Bonchev–Trinajstić information content (AvgIpc) is 3.90. The highest BCUT2D eigenvalue weighted by atomic mass is 32.2. The van der Waals surface area contributed by atoms with Crippen LogP contribution in [0.15, 0.2) is 126 Å². The van der Waals surface area contributed by atoms with E-state index in [2.05, 4.69) is 29.0 Å². The molecule has 78 heavy (non-hydrogen) atoms. The third-order valence-electron chi connectivity index (χ3n) is 13.5. The molecule has 4 aromatic carbocycles. The van der Waals surface area contributed by atoms with E-state index in [1.807, 2.05) is 24.3 Å². The Morgan fingerprint density at radius 3 is 1.38 bits per heavy atom. The molecule has 414 valence electrons. The summed E-state index contributed by atoms with van der Waals surface area (Å²) in [4.78, 5) is 76.9. The van der Waals surface area contributed by atoms with Crippen LogP contribution in [0.25, 0.3) is 0 Å². The van der Waals surface area contributed by atoms with Crippen LogP contribution in [0.3, 0.4) is 0 Å². The third kappa shape index (κ3) is 18.8. The molecular weight excluding hydrogens is 1020 g/mol. The van der Waals surface area contributed by atoms with E-state index >= 15 is 0 Å². The zero-order chi connectivity index (χ0) is 54.9. The number of rotatable bonds is 29. The number of ether oxygens (including phenoxy) is 8. The van der Waals surface area contributed by atoms with Gasteiger partial charge in [0.05, 0.1) is 62.0 Å². The van der Waals surface area contributed by atoms with E-state index in [0.717, 1.165) is 74.1 Å². The van der Waals surface area contributed by atoms with Gasteiger partial charge in [0.1, 0.15) is 34.5 Å². The first-order chi connectivity index (χ1) is 38.0. The summed E-state index contributed by atoms with van der Waals surface area (Å²) in [5.41, 5.74) is 4.22. The van der Waals surface area contributed by atoms with Gasteiger partial charge in [-0.2, -0.15) is 5.10 Å². The number of esters is 6. The summed E-state index contributed by atoms with van der Waals surface area (Å²) in [5.74, 6) is -1.40. The molecule has 3 aliphatic rings. The zero-order valence-corrected chi connectivity index (χ0v) is 44.7. The van der Waals surface area contributed by atoms with Gasteiger partial charge in [0.2, 0.25) is 0 Å². The Hall–Kier alpha value is -7.60. The maximum absolute atomic E-state index is 13.7. The lowest BCUT2D eigenvalue weighted by Crippen LogP contribution is -2.30. The summed E-state index contributed by atoms with van der Waals surface area (Å²) >= 11 is 1.57. The average molecular weight is 1090 g/mol. The first-order valence-corrected chi connectivity index (χ1v) is 27.8. The van der Waals surface area contributed by atoms with Gasteiger partial charge >= 0.3 is 35.8 Å². The normalized spacial score (nSPS) is 18.5. The summed E-state index contributed by atoms with van der Waals surface area (Å²) < 4.78 is 44.9. The second-order valence-corrected chi connectivity index (χ2v) is 20.4. The number of nitrogens with one attached hydrogen (secondary N) is 2. The van der Waals surface area contributed by atoms with Gasteiger partial charge in [-0.3, -0.25) is 24.6 Å². The lowest BCUT2D eigenvalue weighted by molar-refractivity contribution is -0.145. The molecule has 0 aromatic heterocycles. The molecule has 0 spiro atoms. The summed E-state index contributed by atoms with van der Waals surface area (Å²) in [6, 6.07) is 26.5. The molecule has 2 saturated carbocycles. The van der Waals surface area contributed by atoms with Gasteiger partial charge in [-0.15, -0.1) is 0 Å². The maximum atomic E-state index is 13.7. The SMILES string of the molecule is C=CC(=O)OCCCCCCOc1ccc(OC(=O)C2CCC(C(=O)Oc3ccc(OC(=O)C4CCC(C(=O)Oc5ccc(OCCCCCCOC(=O)C=C)cc5)CC4)c(/C=N/NC4Nc5ccccc5S4)c3)CC2)cc1. The molecule has 1 unspecified atom stereocenters. The van der Waals surface area contributed by atoms with Crippen molar-refractivity contribution >= 4 is 59.5 Å². The molecule has 18 heteroatoms. The van der Waals surface area contributed by atoms with Crippen molar-refractivity contribution in [2.45, 2.75) is 113 Å². The number of hydrazone groups is 1. The standard InChI is InChI=1S/C60H69N3O14S/c1-3-54(64)72-37-13-7-5-11-35-70-46-25-29-48(30-26-46)74-56(66)41-17-19-43(20-18-41)58(68)76-50-33-34-52(45(39-50)40-61-63-60-62-51-15-9-10-16-53(51)78-60)77-59(69)44-23-21-42(22-24-44)57(67)75-49-31-27-47(28-32-49)71-36-12-6-8-14-38-73-55(65)4-2/h3-4,9-10,15-16,25-34,39-44,60,62-63H,1-2,5-8,11-14,17-24,35-38H2/b61-40+. The minimum atomic E-state index is -0.451. The van der Waals surface area contributed by atoms with Crippen molar-refractivity contribution in [3.05, 3.63) is 122 Å². The predicted octanol–water partition coefficient (Wildman–Crippen LogP) is 11.1. The number of unbranched alkanes of at least 4 members (excludes halogenated alkanes) is 6. The second-order valence-electron chi connectivity index (χ2n) is 19.2. The van der Waals surface area contributed by atoms with Crippen molar-refractivity contribution in [2.75, 3.05) is 31.7 Å². The zero-order valence-electron chi connectivity index (χ0n) is 43.9. The van der Waals surface area contributed by atoms with Gasteiger partial charge in [0, 0.05) is 22.6 Å². The molecule has 2 N–H and O–H groups in total. The molecule has 0 radical (unpaired) electrons. The van der Waals surface area contributed by atoms with Crippen molar-refractivity contribution in [3.63, 3.8) is 0 Å². The Morgan fingerprint density at radius 1 is 0.513 bits per heavy atom. The number of hydrogen-bond acceptors (Lipinski definition) is 18. The fourth-order valence-corrected chi connectivity index (χ4v) is 10.1. The lowest BCUT2D eigenvalue weighted by atomic mass is 9.82. The molecule has 1 aliphatic heterocycles. The van der Waals surface area contributed by atoms with Gasteiger partial charge in [-0.1, -0.05) is 37.1 Å². The Morgan fingerprint density at radius 2 is 0.923 bits per heavy atom. The van der Waals surface area contributed by atoms with Crippen LogP contribution < -0.4 is 39.2 Å². The number of para-hydroxylation sites is 1. The van der Waals surface area contributed by atoms with E-state index in [4.69, 9.17) is 37.9 Å². The minimum absolute atomic E-state index is 0.230. The number of hydrogen-bond donors (Lipinski definition) is 2. The largest absolute Gasteiger partial charge is 0.494 e. The number of thioether (sulfide) groups is 1. The summed E-state index contributed by atoms with van der Waals surface area (Å²) in [6.07, 6.45) is 14.4. The summed E-state index contributed by atoms with van der Waals surface area (Å²) in [6.45, 7) is 8.58. The Bertz CT molecular complexity index is 2650. The quantitative estimate of drug-likeness (QED) is 0.0129. The smallest absolute Gasteiger partial charge is 0.330 e. The monoisotopic (exact) mass is 1090 g/mol. The van der Waals surface area contributed by atoms with E-state index in [0.29, 0.717) is 106 Å². The number of benzene rings is 4. The van der Waals surface area contributed by atoms with Crippen LogP contribution in [0.4, 0.5) is 5.69 Å². The van der Waals surface area contributed by atoms with Crippen LogP contribution in [0.2, 0.25) is 0 Å². The first kappa shape index (κ1) is 58.1. The maximum Gasteiger partial charge on any atom is 0.330 e. The molecule has 2 fully saturated rings. The molecular formula is C60H69N3O14S. The molecule has 0 bridgehead atoms. The van der Waals surface area contributed by atoms with E-state index in [1.54, 1.807) is 78.5 Å². The summed E-state index contributed by atoms with van der Waals surface area (Å²) in [5, 5.41) is 7.83. The second kappa shape index (κ2) is 31.0. The number of nitrogens with zero attached hydrogens (tertiary/aromatic N) is 1. The van der Waals surface area contributed by atoms with Crippen molar-refractivity contribution in [3.8, 4) is 34.5 Å². The van der Waals surface area contributed by atoms with Gasteiger partial charge in [-0.05, 0) is 182 Å². The Kier molecular flexibility index (Phi) is 23.1. The molecule has 1 atom stereocenters. The van der Waals surface area contributed by atoms with E-state index in [-0.39, 0.29) is 40.8 Å². The number of carbonyl (C=O) groups is 6. The molecule has 2 aliphatic carbocycles. The van der Waals surface area contributed by atoms with E-state index in [9.17, 15) is 28.8 Å². The fourth-order valence-electron chi connectivity index (χ4n) is 9.09. The van der Waals surface area contributed by atoms with Crippen LogP contribution in [-0.2, 0) is 38.2 Å². The van der Waals surface area contributed by atoms with Gasteiger partial charge in [-0.25, -0.2) is 9.59 Å². The van der Waals surface area contributed by atoms with Crippen molar-refractivity contribution in [1.82, 2.24) is 5.43 Å². The van der Waals surface area contributed by atoms with Crippen LogP contribution in [-0.4, -0.2) is 74.0 Å². The first-order valence-electron chi connectivity index (χ1n) is 26.9. The van der Waals surface area contributed by atoms with Crippen LogP contribution in [0.1, 0.15) is 108 Å². The fraction of sp³-hybridized carbons (Fsp3) is 0.417. The van der Waals surface area contributed by atoms with Gasteiger partial charge in [0.25, 0.3) is 0 Å². The molecule has 1 heterocycles. The molecule has 17 nitrogen and oxygen atoms in total. The van der Waals surface area contributed by atoms with Crippen molar-refractivity contribution < 1.29 is 66.7 Å². The highest BCUT2D eigenvalue weighted by Crippen LogP contribution is 2.38. The van der Waals surface area contributed by atoms with Gasteiger partial charge < -0.3 is 43.2 Å². The molecule has 7 rings (SSSR count). The lowest BCUT2D eigenvalue weighted by Gasteiger charge is -2.26. The van der Waals surface area contributed by atoms with E-state index in [1.165, 1.54) is 6.21 Å². The van der Waals surface area contributed by atoms with E-state index < -0.39 is 35.7 Å². The van der Waals surface area contributed by atoms with Crippen molar-refractivity contribution in [2.24, 2.45) is 28.8 Å². The van der Waals surface area contributed by atoms with Crippen LogP contribution >= 0.6 is 11.8 Å². The summed E-state index contributed by atoms with van der Waals surface area (Å²) in [7, 11) is 0. The van der Waals surface area contributed by atoms with Crippen LogP contribution in [0.5, 0.6) is 34.5 Å². The highest BCUT2D eigenvalue weighted by Gasteiger charge is 2.34. The molecule has 4 aromatic rings. The number of fused-ring (bicyclic) bond motifs is 1. The molecule has 0 amide bonds. The Labute approximate surface area is 459 Å². The number of anilines is 1. The third-order valence-corrected chi connectivity index (χ3v) is 14.6. The van der Waals surface area contributed by atoms with Crippen molar-refractivity contribution in [1.29, 1.82) is 0 Å². The van der Waals surface area contributed by atoms with Gasteiger partial charge in [0.15, 0.2) is 5.50 Å². The topological polar surface area (TPSA) is 213 Å². The predicted molar refractivity (Wildman–Crippen MR) is 293 cm³/mol. The van der Waals surface area contributed by atoms with Crippen LogP contribution in [0, 0.1) is 23.7 Å². The molecule has 0 saturated heterocycles. The Balaban J connectivity index is 0.845.